The molecule has 0 bridgehead atoms. The van der Waals surface area contributed by atoms with Crippen LogP contribution in [-0.2, 0) is 19.1 Å². The molecule has 3 atom stereocenters. The molecule has 2 fully saturated rings. The Kier molecular flexibility index (Phi) is 3.35. The van der Waals surface area contributed by atoms with Gasteiger partial charge in [0, 0.05) is 6.54 Å². The second kappa shape index (κ2) is 4.62. The predicted octanol–water partition coefficient (Wildman–Crippen LogP) is -0.659. The number of rotatable bonds is 2. The standard InChI is InChI=1S/C11H18N2O4/c1-6(2)9-10(14)13-7(11(15)16-3)5-17-8(13)4-12-9/h6-9,12H,4-5H2,1-3H3/t7-,8-,9+/m1/s1. The van der Waals surface area contributed by atoms with Crippen LogP contribution in [0.4, 0.5) is 0 Å². The first kappa shape index (κ1) is 12.3. The van der Waals surface area contributed by atoms with E-state index in [1.807, 2.05) is 13.8 Å². The lowest BCUT2D eigenvalue weighted by molar-refractivity contribution is -0.156. The second-order valence-electron chi connectivity index (χ2n) is 4.70. The Balaban J connectivity index is 2.17. The van der Waals surface area contributed by atoms with Gasteiger partial charge in [-0.3, -0.25) is 9.69 Å². The van der Waals surface area contributed by atoms with Gasteiger partial charge in [0.15, 0.2) is 6.04 Å². The van der Waals surface area contributed by atoms with E-state index in [9.17, 15) is 9.59 Å². The minimum Gasteiger partial charge on any atom is -0.467 e. The summed E-state index contributed by atoms with van der Waals surface area (Å²) in [7, 11) is 1.32. The number of esters is 1. The van der Waals surface area contributed by atoms with E-state index >= 15 is 0 Å². The summed E-state index contributed by atoms with van der Waals surface area (Å²) in [6.07, 6.45) is -0.346. The Labute approximate surface area is 100 Å². The number of nitrogens with one attached hydrogen (secondary N) is 1. The summed E-state index contributed by atoms with van der Waals surface area (Å²) in [6.45, 7) is 4.72. The molecule has 2 rings (SSSR count). The van der Waals surface area contributed by atoms with Crippen LogP contribution < -0.4 is 5.32 Å². The largest absolute Gasteiger partial charge is 0.467 e. The van der Waals surface area contributed by atoms with Crippen molar-refractivity contribution in [2.75, 3.05) is 20.3 Å². The smallest absolute Gasteiger partial charge is 0.331 e. The van der Waals surface area contributed by atoms with Crippen LogP contribution in [0.15, 0.2) is 0 Å². The first-order valence-corrected chi connectivity index (χ1v) is 5.81. The molecule has 0 aromatic heterocycles. The maximum atomic E-state index is 12.3. The van der Waals surface area contributed by atoms with Gasteiger partial charge in [-0.2, -0.15) is 0 Å². The van der Waals surface area contributed by atoms with E-state index in [2.05, 4.69) is 5.32 Å². The summed E-state index contributed by atoms with van der Waals surface area (Å²) in [4.78, 5) is 25.4. The number of carbonyl (C=O) groups excluding carboxylic acids is 2. The number of hydrogen-bond acceptors (Lipinski definition) is 5. The van der Waals surface area contributed by atoms with Gasteiger partial charge in [-0.05, 0) is 5.92 Å². The second-order valence-corrected chi connectivity index (χ2v) is 4.70. The highest BCUT2D eigenvalue weighted by atomic mass is 16.5. The van der Waals surface area contributed by atoms with Gasteiger partial charge in [-0.25, -0.2) is 4.79 Å². The van der Waals surface area contributed by atoms with Crippen molar-refractivity contribution in [3.8, 4) is 0 Å². The number of amides is 1. The van der Waals surface area contributed by atoms with Crippen molar-refractivity contribution >= 4 is 11.9 Å². The summed E-state index contributed by atoms with van der Waals surface area (Å²) >= 11 is 0. The lowest BCUT2D eigenvalue weighted by Gasteiger charge is -2.37. The van der Waals surface area contributed by atoms with Gasteiger partial charge in [-0.1, -0.05) is 13.8 Å². The molecule has 2 aliphatic heterocycles. The lowest BCUT2D eigenvalue weighted by atomic mass is 10.00. The number of fused-ring (bicyclic) bond motifs is 1. The molecule has 0 aromatic carbocycles. The summed E-state index contributed by atoms with van der Waals surface area (Å²) in [5.74, 6) is -0.309. The molecule has 2 heterocycles. The summed E-state index contributed by atoms with van der Waals surface area (Å²) in [5.41, 5.74) is 0. The van der Waals surface area contributed by atoms with Gasteiger partial charge in [0.05, 0.1) is 19.8 Å². The molecule has 2 saturated heterocycles. The molecule has 0 saturated carbocycles. The molecular formula is C11H18N2O4. The number of ether oxygens (including phenoxy) is 2. The van der Waals surface area contributed by atoms with Crippen LogP contribution >= 0.6 is 0 Å². The molecule has 2 aliphatic rings. The Hall–Kier alpha value is -1.14. The van der Waals surface area contributed by atoms with E-state index < -0.39 is 12.0 Å². The zero-order valence-corrected chi connectivity index (χ0v) is 10.3. The molecule has 0 spiro atoms. The molecule has 1 amide bonds. The monoisotopic (exact) mass is 242 g/mol. The van der Waals surface area contributed by atoms with Crippen molar-refractivity contribution in [3.63, 3.8) is 0 Å². The fraction of sp³-hybridized carbons (Fsp3) is 0.818. The molecule has 0 aliphatic carbocycles. The number of piperazine rings is 1. The van der Waals surface area contributed by atoms with Crippen molar-refractivity contribution in [3.05, 3.63) is 0 Å². The normalized spacial score (nSPS) is 32.8. The fourth-order valence-corrected chi connectivity index (χ4v) is 2.33. The Morgan fingerprint density at radius 2 is 2.29 bits per heavy atom. The third kappa shape index (κ3) is 2.02. The minimum absolute atomic E-state index is 0.0795. The Morgan fingerprint density at radius 1 is 1.59 bits per heavy atom. The van der Waals surface area contributed by atoms with Gasteiger partial charge < -0.3 is 14.8 Å². The average molecular weight is 242 g/mol. The van der Waals surface area contributed by atoms with Gasteiger partial charge >= 0.3 is 5.97 Å². The third-order valence-electron chi connectivity index (χ3n) is 3.27. The summed E-state index contributed by atoms with van der Waals surface area (Å²) in [6, 6.07) is -0.846. The highest BCUT2D eigenvalue weighted by Crippen LogP contribution is 2.24. The van der Waals surface area contributed by atoms with E-state index in [0.29, 0.717) is 6.54 Å². The number of methoxy groups -OCH3 is 1. The molecule has 6 heteroatoms. The van der Waals surface area contributed by atoms with Gasteiger partial charge in [0.25, 0.3) is 0 Å². The van der Waals surface area contributed by atoms with Crippen LogP contribution in [-0.4, -0.2) is 55.3 Å². The van der Waals surface area contributed by atoms with Crippen molar-refractivity contribution < 1.29 is 19.1 Å². The molecule has 0 radical (unpaired) electrons. The van der Waals surface area contributed by atoms with Crippen LogP contribution in [0.5, 0.6) is 0 Å². The number of carbonyl (C=O) groups is 2. The number of nitrogens with zero attached hydrogens (tertiary/aromatic N) is 1. The zero-order chi connectivity index (χ0) is 12.6. The summed E-state index contributed by atoms with van der Waals surface area (Å²) < 4.78 is 10.1. The van der Waals surface area contributed by atoms with Crippen molar-refractivity contribution in [2.24, 2.45) is 5.92 Å². The Morgan fingerprint density at radius 3 is 2.88 bits per heavy atom. The van der Waals surface area contributed by atoms with Gasteiger partial charge in [0.2, 0.25) is 5.91 Å². The van der Waals surface area contributed by atoms with Crippen LogP contribution in [0, 0.1) is 5.92 Å². The van der Waals surface area contributed by atoms with E-state index in [1.165, 1.54) is 12.0 Å². The van der Waals surface area contributed by atoms with E-state index in [0.717, 1.165) is 0 Å². The zero-order valence-electron chi connectivity index (χ0n) is 10.3. The molecule has 6 nitrogen and oxygen atoms in total. The van der Waals surface area contributed by atoms with Crippen LogP contribution in [0.1, 0.15) is 13.8 Å². The molecule has 96 valence electrons. The van der Waals surface area contributed by atoms with Crippen LogP contribution in [0.25, 0.3) is 0 Å². The molecule has 1 N–H and O–H groups in total. The van der Waals surface area contributed by atoms with Gasteiger partial charge in [-0.15, -0.1) is 0 Å². The first-order valence-electron chi connectivity index (χ1n) is 5.81. The van der Waals surface area contributed by atoms with Crippen molar-refractivity contribution in [1.29, 1.82) is 0 Å². The van der Waals surface area contributed by atoms with Crippen molar-refractivity contribution in [2.45, 2.75) is 32.2 Å². The third-order valence-corrected chi connectivity index (χ3v) is 3.27. The molecule has 17 heavy (non-hydrogen) atoms. The maximum absolute atomic E-state index is 12.3. The van der Waals surface area contributed by atoms with Crippen LogP contribution in [0.2, 0.25) is 0 Å². The number of hydrogen-bond donors (Lipinski definition) is 1. The lowest BCUT2D eigenvalue weighted by Crippen LogP contribution is -2.62. The SMILES string of the molecule is COC(=O)[C@H]1CO[C@@H]2CN[C@@H](C(C)C)C(=O)N12. The Bertz CT molecular complexity index is 331. The highest BCUT2D eigenvalue weighted by Gasteiger charge is 2.47. The molecule has 0 unspecified atom stereocenters. The first-order chi connectivity index (χ1) is 8.06. The highest BCUT2D eigenvalue weighted by molar-refractivity contribution is 5.89. The van der Waals surface area contributed by atoms with E-state index in [1.54, 1.807) is 0 Å². The van der Waals surface area contributed by atoms with Crippen molar-refractivity contribution in [1.82, 2.24) is 10.2 Å². The maximum Gasteiger partial charge on any atom is 0.331 e. The topological polar surface area (TPSA) is 67.9 Å². The van der Waals surface area contributed by atoms with E-state index in [4.69, 9.17) is 9.47 Å². The van der Waals surface area contributed by atoms with Gasteiger partial charge in [0.1, 0.15) is 6.23 Å². The van der Waals surface area contributed by atoms with E-state index in [-0.39, 0.29) is 30.7 Å². The molecular weight excluding hydrogens is 224 g/mol. The molecule has 0 aromatic rings. The summed E-state index contributed by atoms with van der Waals surface area (Å²) in [5, 5.41) is 3.15. The minimum atomic E-state index is -0.596. The predicted molar refractivity (Wildman–Crippen MR) is 59.0 cm³/mol. The average Bonchev–Trinajstić information content (AvgIpc) is 2.72. The fourth-order valence-electron chi connectivity index (χ4n) is 2.33. The van der Waals surface area contributed by atoms with Crippen LogP contribution in [0.3, 0.4) is 0 Å². The quantitative estimate of drug-likeness (QED) is 0.651.